The maximum absolute atomic E-state index is 6.27. The summed E-state index contributed by atoms with van der Waals surface area (Å²) in [6.45, 7) is 2.00. The molecule has 1 aromatic rings. The molecule has 0 bridgehead atoms. The van der Waals surface area contributed by atoms with Crippen molar-refractivity contribution in [3.63, 3.8) is 0 Å². The van der Waals surface area contributed by atoms with Crippen LogP contribution in [0.3, 0.4) is 0 Å². The molecule has 1 heterocycles. The molecule has 98 valence electrons. The summed E-state index contributed by atoms with van der Waals surface area (Å²) >= 11 is 0. The summed E-state index contributed by atoms with van der Waals surface area (Å²) in [6, 6.07) is 4.29. The first-order chi connectivity index (χ1) is 8.72. The summed E-state index contributed by atoms with van der Waals surface area (Å²) in [5, 5.41) is 0. The average molecular weight is 246 g/mol. The molecule has 3 heteroatoms. The van der Waals surface area contributed by atoms with Crippen LogP contribution in [0.25, 0.3) is 0 Å². The average Bonchev–Trinajstić information content (AvgIpc) is 2.41. The van der Waals surface area contributed by atoms with Crippen LogP contribution in [0.2, 0.25) is 0 Å². The van der Waals surface area contributed by atoms with Crippen LogP contribution in [0.1, 0.15) is 44.2 Å². The lowest BCUT2D eigenvalue weighted by Gasteiger charge is -2.56. The zero-order valence-electron chi connectivity index (χ0n) is 11.1. The van der Waals surface area contributed by atoms with Gasteiger partial charge in [-0.15, -0.1) is 0 Å². The number of pyridine rings is 1. The molecule has 18 heavy (non-hydrogen) atoms. The molecule has 0 aliphatic heterocycles. The molecule has 2 aliphatic carbocycles. The van der Waals surface area contributed by atoms with Crippen molar-refractivity contribution in [1.29, 1.82) is 0 Å². The predicted octanol–water partition coefficient (Wildman–Crippen LogP) is 2.82. The number of ether oxygens (including phenoxy) is 1. The largest absolute Gasteiger partial charge is 0.488 e. The quantitative estimate of drug-likeness (QED) is 0.873. The van der Waals surface area contributed by atoms with Crippen molar-refractivity contribution in [3.8, 4) is 5.75 Å². The molecule has 2 saturated carbocycles. The Morgan fingerprint density at radius 2 is 2.11 bits per heavy atom. The van der Waals surface area contributed by atoms with E-state index in [1.165, 1.54) is 32.1 Å². The van der Waals surface area contributed by atoms with Crippen LogP contribution in [0.4, 0.5) is 0 Å². The van der Waals surface area contributed by atoms with Gasteiger partial charge in [0, 0.05) is 24.1 Å². The maximum Gasteiger partial charge on any atom is 0.140 e. The first-order valence-electron chi connectivity index (χ1n) is 7.06. The molecule has 0 aromatic carbocycles. The van der Waals surface area contributed by atoms with Gasteiger partial charge in [-0.3, -0.25) is 4.98 Å². The fraction of sp³-hybridized carbons (Fsp3) is 0.667. The van der Waals surface area contributed by atoms with Gasteiger partial charge in [0.15, 0.2) is 0 Å². The van der Waals surface area contributed by atoms with Crippen molar-refractivity contribution in [3.05, 3.63) is 24.0 Å². The minimum atomic E-state index is 0.251. The molecule has 1 spiro atoms. The van der Waals surface area contributed by atoms with E-state index >= 15 is 0 Å². The SMILES string of the molecule is Cc1ncccc1OC1CC(N)C12CCCCC2. The summed E-state index contributed by atoms with van der Waals surface area (Å²) in [7, 11) is 0. The Labute approximate surface area is 109 Å². The molecule has 2 fully saturated rings. The zero-order valence-corrected chi connectivity index (χ0v) is 11.1. The summed E-state index contributed by atoms with van der Waals surface area (Å²) < 4.78 is 6.20. The van der Waals surface area contributed by atoms with Crippen LogP contribution in [-0.2, 0) is 0 Å². The zero-order chi connectivity index (χ0) is 12.6. The predicted molar refractivity (Wildman–Crippen MR) is 71.5 cm³/mol. The molecule has 2 N–H and O–H groups in total. The number of hydrogen-bond acceptors (Lipinski definition) is 3. The lowest BCUT2D eigenvalue weighted by atomic mass is 9.55. The molecule has 2 atom stereocenters. The summed E-state index contributed by atoms with van der Waals surface area (Å²) in [5.74, 6) is 0.930. The second kappa shape index (κ2) is 4.54. The molecular formula is C15H22N2O. The number of hydrogen-bond donors (Lipinski definition) is 1. The fourth-order valence-electron chi connectivity index (χ4n) is 3.59. The number of aromatic nitrogens is 1. The van der Waals surface area contributed by atoms with Crippen molar-refractivity contribution in [2.45, 2.75) is 57.6 Å². The Morgan fingerprint density at radius 3 is 2.78 bits per heavy atom. The van der Waals surface area contributed by atoms with E-state index in [9.17, 15) is 0 Å². The third kappa shape index (κ3) is 1.81. The van der Waals surface area contributed by atoms with Crippen LogP contribution in [0.15, 0.2) is 18.3 Å². The topological polar surface area (TPSA) is 48.1 Å². The van der Waals surface area contributed by atoms with Gasteiger partial charge in [-0.1, -0.05) is 19.3 Å². The lowest BCUT2D eigenvalue weighted by Crippen LogP contribution is -2.64. The van der Waals surface area contributed by atoms with Gasteiger partial charge in [-0.05, 0) is 31.9 Å². The van der Waals surface area contributed by atoms with Gasteiger partial charge in [-0.2, -0.15) is 0 Å². The van der Waals surface area contributed by atoms with E-state index in [2.05, 4.69) is 4.98 Å². The second-order valence-corrected chi connectivity index (χ2v) is 5.83. The third-order valence-electron chi connectivity index (χ3n) is 4.86. The van der Waals surface area contributed by atoms with Gasteiger partial charge >= 0.3 is 0 Å². The van der Waals surface area contributed by atoms with Gasteiger partial charge in [0.1, 0.15) is 11.9 Å². The summed E-state index contributed by atoms with van der Waals surface area (Å²) in [6.07, 6.45) is 9.54. The minimum Gasteiger partial charge on any atom is -0.488 e. The van der Waals surface area contributed by atoms with E-state index in [0.717, 1.165) is 17.9 Å². The summed E-state index contributed by atoms with van der Waals surface area (Å²) in [4.78, 5) is 4.29. The Balaban J connectivity index is 1.75. The van der Waals surface area contributed by atoms with Gasteiger partial charge in [0.05, 0.1) is 5.69 Å². The Hall–Kier alpha value is -1.09. The van der Waals surface area contributed by atoms with Gasteiger partial charge in [-0.25, -0.2) is 0 Å². The molecule has 1 aromatic heterocycles. The number of nitrogens with zero attached hydrogens (tertiary/aromatic N) is 1. The van der Waals surface area contributed by atoms with Crippen LogP contribution in [0.5, 0.6) is 5.75 Å². The number of rotatable bonds is 2. The van der Waals surface area contributed by atoms with Crippen LogP contribution >= 0.6 is 0 Å². The van der Waals surface area contributed by atoms with E-state index in [1.54, 1.807) is 0 Å². The van der Waals surface area contributed by atoms with E-state index in [-0.39, 0.29) is 5.41 Å². The Morgan fingerprint density at radius 1 is 1.33 bits per heavy atom. The molecule has 3 nitrogen and oxygen atoms in total. The number of nitrogens with two attached hydrogens (primary N) is 1. The van der Waals surface area contributed by atoms with Gasteiger partial charge in [0.2, 0.25) is 0 Å². The minimum absolute atomic E-state index is 0.251. The van der Waals surface area contributed by atoms with Crippen LogP contribution in [-0.4, -0.2) is 17.1 Å². The Kier molecular flexibility index (Phi) is 3.02. The highest BCUT2D eigenvalue weighted by molar-refractivity contribution is 5.27. The van der Waals surface area contributed by atoms with Crippen molar-refractivity contribution < 1.29 is 4.74 Å². The Bertz CT molecular complexity index is 426. The molecule has 0 saturated heterocycles. The van der Waals surface area contributed by atoms with E-state index < -0.39 is 0 Å². The summed E-state index contributed by atoms with van der Waals surface area (Å²) in [5.41, 5.74) is 7.50. The van der Waals surface area contributed by atoms with E-state index in [1.807, 2.05) is 25.3 Å². The normalized spacial score (nSPS) is 29.9. The van der Waals surface area contributed by atoms with Gasteiger partial charge in [0.25, 0.3) is 0 Å². The second-order valence-electron chi connectivity index (χ2n) is 5.83. The fourth-order valence-corrected chi connectivity index (χ4v) is 3.59. The van der Waals surface area contributed by atoms with Crippen LogP contribution < -0.4 is 10.5 Å². The third-order valence-corrected chi connectivity index (χ3v) is 4.86. The van der Waals surface area contributed by atoms with E-state index in [0.29, 0.717) is 12.1 Å². The number of aryl methyl sites for hydroxylation is 1. The van der Waals surface area contributed by atoms with Gasteiger partial charge < -0.3 is 10.5 Å². The molecule has 2 aliphatic rings. The standard InChI is InChI=1S/C15H22N2O/c1-11-12(6-5-9-17-11)18-14-10-13(16)15(14)7-3-2-4-8-15/h5-6,9,13-14H,2-4,7-8,10,16H2,1H3. The van der Waals surface area contributed by atoms with Crippen molar-refractivity contribution in [1.82, 2.24) is 4.98 Å². The molecular weight excluding hydrogens is 224 g/mol. The van der Waals surface area contributed by atoms with Crippen molar-refractivity contribution >= 4 is 0 Å². The van der Waals surface area contributed by atoms with E-state index in [4.69, 9.17) is 10.5 Å². The molecule has 0 radical (unpaired) electrons. The van der Waals surface area contributed by atoms with Crippen LogP contribution in [0, 0.1) is 12.3 Å². The lowest BCUT2D eigenvalue weighted by molar-refractivity contribution is -0.0902. The highest BCUT2D eigenvalue weighted by atomic mass is 16.5. The first-order valence-corrected chi connectivity index (χ1v) is 7.06. The molecule has 0 amide bonds. The highest BCUT2D eigenvalue weighted by Crippen LogP contribution is 2.52. The molecule has 3 rings (SSSR count). The van der Waals surface area contributed by atoms with Crippen molar-refractivity contribution in [2.75, 3.05) is 0 Å². The monoisotopic (exact) mass is 246 g/mol. The first kappa shape index (κ1) is 12.0. The van der Waals surface area contributed by atoms with Crippen molar-refractivity contribution in [2.24, 2.45) is 11.1 Å². The maximum atomic E-state index is 6.27. The highest BCUT2D eigenvalue weighted by Gasteiger charge is 2.54. The smallest absolute Gasteiger partial charge is 0.140 e. The molecule has 2 unspecified atom stereocenters.